The molecule has 0 aliphatic heterocycles. The Kier molecular flexibility index (Phi) is 7.49. The van der Waals surface area contributed by atoms with Crippen LogP contribution in [0.1, 0.15) is 21.5 Å². The predicted molar refractivity (Wildman–Crippen MR) is 106 cm³/mol. The molecule has 1 amide bonds. The van der Waals surface area contributed by atoms with Gasteiger partial charge in [-0.1, -0.05) is 18.2 Å². The van der Waals surface area contributed by atoms with E-state index in [1.807, 2.05) is 30.3 Å². The lowest BCUT2D eigenvalue weighted by molar-refractivity contribution is 0.100. The minimum absolute atomic E-state index is 0.429. The summed E-state index contributed by atoms with van der Waals surface area (Å²) in [4.78, 5) is 15.3. The average molecular weight is 370 g/mol. The molecule has 0 heterocycles. The minimum atomic E-state index is -0.429. The molecular weight excluding hydrogens is 344 g/mol. The first-order chi connectivity index (χ1) is 13.1. The van der Waals surface area contributed by atoms with Gasteiger partial charge in [-0.05, 0) is 41.8 Å². The Bertz CT molecular complexity index is 788. The van der Waals surface area contributed by atoms with Gasteiger partial charge >= 0.3 is 0 Å². The number of benzene rings is 2. The van der Waals surface area contributed by atoms with Crippen molar-refractivity contribution < 1.29 is 14.3 Å². The number of primary amides is 1. The largest absolute Gasteiger partial charge is 0.493 e. The van der Waals surface area contributed by atoms with Crippen LogP contribution < -0.4 is 25.8 Å². The van der Waals surface area contributed by atoms with Gasteiger partial charge in [-0.3, -0.25) is 9.79 Å². The van der Waals surface area contributed by atoms with Gasteiger partial charge in [-0.2, -0.15) is 0 Å². The van der Waals surface area contributed by atoms with Crippen LogP contribution in [0.15, 0.2) is 47.5 Å². The van der Waals surface area contributed by atoms with Crippen LogP contribution in [0.4, 0.5) is 0 Å². The molecule has 0 aliphatic rings. The number of nitrogens with one attached hydrogen (secondary N) is 2. The van der Waals surface area contributed by atoms with Crippen molar-refractivity contribution in [1.29, 1.82) is 0 Å². The maximum absolute atomic E-state index is 11.1. The third-order valence-electron chi connectivity index (χ3n) is 4.08. The van der Waals surface area contributed by atoms with E-state index in [2.05, 4.69) is 15.6 Å². The normalized spacial score (nSPS) is 11.0. The van der Waals surface area contributed by atoms with Crippen molar-refractivity contribution in [1.82, 2.24) is 10.6 Å². The number of ether oxygens (including phenoxy) is 2. The van der Waals surface area contributed by atoms with Crippen molar-refractivity contribution in [3.05, 3.63) is 59.2 Å². The third kappa shape index (κ3) is 5.91. The second-order valence-corrected chi connectivity index (χ2v) is 5.85. The Morgan fingerprint density at radius 1 is 1.00 bits per heavy atom. The molecule has 0 radical (unpaired) electrons. The van der Waals surface area contributed by atoms with Gasteiger partial charge in [0.2, 0.25) is 5.91 Å². The number of rotatable bonds is 8. The molecule has 144 valence electrons. The average Bonchev–Trinajstić information content (AvgIpc) is 2.70. The molecule has 0 atom stereocenters. The maximum Gasteiger partial charge on any atom is 0.248 e. The van der Waals surface area contributed by atoms with Crippen LogP contribution in [-0.4, -0.2) is 39.7 Å². The Hall–Kier alpha value is -3.22. The molecular formula is C20H26N4O3. The summed E-state index contributed by atoms with van der Waals surface area (Å²) in [6.45, 7) is 1.31. The number of amides is 1. The summed E-state index contributed by atoms with van der Waals surface area (Å²) in [5.74, 6) is 1.71. The van der Waals surface area contributed by atoms with Crippen LogP contribution in [0, 0.1) is 0 Å². The second-order valence-electron chi connectivity index (χ2n) is 5.85. The molecule has 0 saturated carbocycles. The summed E-state index contributed by atoms with van der Waals surface area (Å²) in [7, 11) is 4.97. The summed E-state index contributed by atoms with van der Waals surface area (Å²) in [5.41, 5.74) is 7.91. The molecule has 4 N–H and O–H groups in total. The van der Waals surface area contributed by atoms with E-state index in [-0.39, 0.29) is 0 Å². The van der Waals surface area contributed by atoms with Crippen molar-refractivity contribution in [3.8, 4) is 11.5 Å². The summed E-state index contributed by atoms with van der Waals surface area (Å²) < 4.78 is 10.6. The SMILES string of the molecule is CN=C(NCCc1ccc(OC)c(OC)c1)NCc1ccc(C(N)=O)cc1. The minimum Gasteiger partial charge on any atom is -0.493 e. The summed E-state index contributed by atoms with van der Waals surface area (Å²) in [5, 5.41) is 6.52. The molecule has 0 fully saturated rings. The summed E-state index contributed by atoms with van der Waals surface area (Å²) >= 11 is 0. The zero-order valence-corrected chi connectivity index (χ0v) is 15.9. The van der Waals surface area contributed by atoms with Crippen LogP contribution in [0.25, 0.3) is 0 Å². The first-order valence-electron chi connectivity index (χ1n) is 8.61. The van der Waals surface area contributed by atoms with Gasteiger partial charge in [0.25, 0.3) is 0 Å². The lowest BCUT2D eigenvalue weighted by Gasteiger charge is -2.13. The van der Waals surface area contributed by atoms with Crippen molar-refractivity contribution in [3.63, 3.8) is 0 Å². The van der Waals surface area contributed by atoms with Crippen LogP contribution >= 0.6 is 0 Å². The fourth-order valence-corrected chi connectivity index (χ4v) is 2.55. The second kappa shape index (κ2) is 10.1. The Labute approximate surface area is 159 Å². The number of carbonyl (C=O) groups excluding carboxylic acids is 1. The number of carbonyl (C=O) groups is 1. The van der Waals surface area contributed by atoms with Crippen LogP contribution in [-0.2, 0) is 13.0 Å². The highest BCUT2D eigenvalue weighted by atomic mass is 16.5. The highest BCUT2D eigenvalue weighted by Gasteiger charge is 2.05. The quantitative estimate of drug-likeness (QED) is 0.485. The fourth-order valence-electron chi connectivity index (χ4n) is 2.55. The van der Waals surface area contributed by atoms with Gasteiger partial charge in [-0.25, -0.2) is 0 Å². The van der Waals surface area contributed by atoms with Gasteiger partial charge in [0.05, 0.1) is 14.2 Å². The van der Waals surface area contributed by atoms with Crippen molar-refractivity contribution in [2.45, 2.75) is 13.0 Å². The van der Waals surface area contributed by atoms with Crippen LogP contribution in [0.3, 0.4) is 0 Å². The molecule has 2 rings (SSSR count). The van der Waals surface area contributed by atoms with E-state index in [1.165, 1.54) is 0 Å². The highest BCUT2D eigenvalue weighted by Crippen LogP contribution is 2.27. The van der Waals surface area contributed by atoms with E-state index < -0.39 is 5.91 Å². The molecule has 0 aromatic heterocycles. The standard InChI is InChI=1S/C20H26N4O3/c1-22-20(24-13-15-4-7-16(8-5-15)19(21)25)23-11-10-14-6-9-17(26-2)18(12-14)27-3/h4-9,12H,10-11,13H2,1-3H3,(H2,21,25)(H2,22,23,24). The zero-order valence-electron chi connectivity index (χ0n) is 15.9. The molecule has 7 nitrogen and oxygen atoms in total. The molecule has 0 bridgehead atoms. The van der Waals surface area contributed by atoms with Gasteiger partial charge in [0.1, 0.15) is 0 Å². The lowest BCUT2D eigenvalue weighted by atomic mass is 10.1. The van der Waals surface area contributed by atoms with E-state index in [0.29, 0.717) is 23.8 Å². The summed E-state index contributed by atoms with van der Waals surface area (Å²) in [6, 6.07) is 13.0. The Morgan fingerprint density at radius 2 is 1.67 bits per heavy atom. The first-order valence-corrected chi connectivity index (χ1v) is 8.61. The topological polar surface area (TPSA) is 98.0 Å². The molecule has 0 saturated heterocycles. The Morgan fingerprint density at radius 3 is 2.26 bits per heavy atom. The van der Waals surface area contributed by atoms with Crippen molar-refractivity contribution >= 4 is 11.9 Å². The number of nitrogens with zero attached hydrogens (tertiary/aromatic N) is 1. The maximum atomic E-state index is 11.1. The first kappa shape index (κ1) is 20.1. The Balaban J connectivity index is 1.82. The van der Waals surface area contributed by atoms with E-state index in [1.54, 1.807) is 33.4 Å². The molecule has 0 aliphatic carbocycles. The molecule has 0 spiro atoms. The summed E-state index contributed by atoms with van der Waals surface area (Å²) in [6.07, 6.45) is 0.814. The number of hydrogen-bond donors (Lipinski definition) is 3. The van der Waals surface area contributed by atoms with E-state index >= 15 is 0 Å². The smallest absolute Gasteiger partial charge is 0.248 e. The van der Waals surface area contributed by atoms with Crippen LogP contribution in [0.2, 0.25) is 0 Å². The molecule has 2 aromatic carbocycles. The van der Waals surface area contributed by atoms with E-state index in [0.717, 1.165) is 29.8 Å². The van der Waals surface area contributed by atoms with Crippen LogP contribution in [0.5, 0.6) is 11.5 Å². The number of guanidine groups is 1. The van der Waals surface area contributed by atoms with Gasteiger partial charge in [-0.15, -0.1) is 0 Å². The monoisotopic (exact) mass is 370 g/mol. The van der Waals surface area contributed by atoms with Crippen molar-refractivity contribution in [2.24, 2.45) is 10.7 Å². The van der Waals surface area contributed by atoms with Gasteiger partial charge in [0.15, 0.2) is 17.5 Å². The predicted octanol–water partition coefficient (Wildman–Crippen LogP) is 1.71. The number of nitrogens with two attached hydrogens (primary N) is 1. The highest BCUT2D eigenvalue weighted by molar-refractivity contribution is 5.92. The van der Waals surface area contributed by atoms with Gasteiger partial charge in [0, 0.05) is 25.7 Å². The number of aliphatic imine (C=N–C) groups is 1. The zero-order chi connectivity index (χ0) is 19.6. The lowest BCUT2D eigenvalue weighted by Crippen LogP contribution is -2.37. The third-order valence-corrected chi connectivity index (χ3v) is 4.08. The fraction of sp³-hybridized carbons (Fsp3) is 0.300. The molecule has 2 aromatic rings. The molecule has 7 heteroatoms. The molecule has 0 unspecified atom stereocenters. The van der Waals surface area contributed by atoms with Gasteiger partial charge < -0.3 is 25.8 Å². The number of hydrogen-bond acceptors (Lipinski definition) is 4. The number of methoxy groups -OCH3 is 2. The van der Waals surface area contributed by atoms with Crippen molar-refractivity contribution in [2.75, 3.05) is 27.8 Å². The van der Waals surface area contributed by atoms with E-state index in [4.69, 9.17) is 15.2 Å². The molecule has 27 heavy (non-hydrogen) atoms. The van der Waals surface area contributed by atoms with E-state index in [9.17, 15) is 4.79 Å².